The van der Waals surface area contributed by atoms with Crippen molar-refractivity contribution in [2.75, 3.05) is 36.0 Å². The van der Waals surface area contributed by atoms with Crippen molar-refractivity contribution in [3.05, 3.63) is 91.0 Å². The number of piperazine rings is 1. The third kappa shape index (κ3) is 6.70. The number of rotatable bonds is 10. The van der Waals surface area contributed by atoms with Crippen molar-refractivity contribution in [2.45, 2.75) is 58.3 Å². The predicted octanol–water partition coefficient (Wildman–Crippen LogP) is 6.15. The summed E-state index contributed by atoms with van der Waals surface area (Å²) in [6.07, 6.45) is 8.23. The van der Waals surface area contributed by atoms with E-state index in [1.165, 1.54) is 0 Å². The summed E-state index contributed by atoms with van der Waals surface area (Å²) in [5.74, 6) is 2.99. The Morgan fingerprint density at radius 1 is 0.880 bits per heavy atom. The maximum absolute atomic E-state index is 13.7. The van der Waals surface area contributed by atoms with Crippen molar-refractivity contribution in [2.24, 2.45) is 5.92 Å². The molecule has 0 radical (unpaired) electrons. The van der Waals surface area contributed by atoms with E-state index >= 15 is 0 Å². The Hall–Kier alpha value is -5.52. The normalized spacial score (nSPS) is 15.8. The molecule has 8 rings (SSSR count). The first-order valence-corrected chi connectivity index (χ1v) is 17.3. The molecule has 1 aliphatic heterocycles. The SMILES string of the molecule is CC(C)(C)OC(=O)C(CC1CC1)n1cnc2c(-n3ncc4ccccc43)nc(N3CCN(c4ccc(OCc5ccccc5)cn4)CC3)nc21. The van der Waals surface area contributed by atoms with Crippen LogP contribution in [0.5, 0.6) is 5.75 Å². The summed E-state index contributed by atoms with van der Waals surface area (Å²) in [6, 6.07) is 21.6. The zero-order chi connectivity index (χ0) is 34.2. The smallest absolute Gasteiger partial charge is 0.329 e. The van der Waals surface area contributed by atoms with E-state index < -0.39 is 11.6 Å². The highest BCUT2D eigenvalue weighted by molar-refractivity contribution is 5.87. The van der Waals surface area contributed by atoms with Gasteiger partial charge >= 0.3 is 5.97 Å². The Kier molecular flexibility index (Phi) is 8.29. The minimum atomic E-state index is -0.613. The molecule has 2 aliphatic rings. The number of benzene rings is 2. The van der Waals surface area contributed by atoms with Crippen LogP contribution in [0.25, 0.3) is 27.9 Å². The van der Waals surface area contributed by atoms with Gasteiger partial charge in [0.05, 0.1) is 24.2 Å². The van der Waals surface area contributed by atoms with Crippen LogP contribution in [0.1, 0.15) is 51.6 Å². The van der Waals surface area contributed by atoms with E-state index in [1.54, 1.807) is 12.5 Å². The van der Waals surface area contributed by atoms with Gasteiger partial charge in [0.25, 0.3) is 0 Å². The van der Waals surface area contributed by atoms with Crippen LogP contribution in [-0.2, 0) is 16.1 Å². The van der Waals surface area contributed by atoms with E-state index in [0.29, 0.717) is 55.0 Å². The summed E-state index contributed by atoms with van der Waals surface area (Å²) in [5, 5.41) is 5.73. The molecule has 50 heavy (non-hydrogen) atoms. The summed E-state index contributed by atoms with van der Waals surface area (Å²) < 4.78 is 15.6. The maximum Gasteiger partial charge on any atom is 0.329 e. The van der Waals surface area contributed by atoms with Crippen molar-refractivity contribution in [1.82, 2.24) is 34.3 Å². The van der Waals surface area contributed by atoms with Crippen molar-refractivity contribution in [3.8, 4) is 11.6 Å². The topological polar surface area (TPSA) is 116 Å². The van der Waals surface area contributed by atoms with Gasteiger partial charge in [-0.2, -0.15) is 15.1 Å². The Morgan fingerprint density at radius 3 is 2.38 bits per heavy atom. The van der Waals surface area contributed by atoms with Gasteiger partial charge in [-0.15, -0.1) is 0 Å². The van der Waals surface area contributed by atoms with E-state index in [-0.39, 0.29) is 5.97 Å². The van der Waals surface area contributed by atoms with Gasteiger partial charge in [-0.05, 0) is 56.9 Å². The van der Waals surface area contributed by atoms with Gasteiger partial charge in [-0.1, -0.05) is 61.4 Å². The fraction of sp³-hybridized carbons (Fsp3) is 0.368. The lowest BCUT2D eigenvalue weighted by atomic mass is 10.1. The molecule has 256 valence electrons. The molecule has 1 saturated heterocycles. The van der Waals surface area contributed by atoms with Crippen LogP contribution >= 0.6 is 0 Å². The number of carbonyl (C=O) groups is 1. The molecule has 1 unspecified atom stereocenters. The first-order valence-electron chi connectivity index (χ1n) is 17.3. The number of esters is 1. The molecule has 5 heterocycles. The molecule has 2 aromatic carbocycles. The van der Waals surface area contributed by atoms with Crippen LogP contribution in [0.2, 0.25) is 0 Å². The third-order valence-corrected chi connectivity index (χ3v) is 9.19. The molecule has 4 aromatic heterocycles. The third-order valence-electron chi connectivity index (χ3n) is 9.19. The van der Waals surface area contributed by atoms with Crippen LogP contribution < -0.4 is 14.5 Å². The number of imidazole rings is 1. The van der Waals surface area contributed by atoms with Gasteiger partial charge in [-0.25, -0.2) is 19.4 Å². The van der Waals surface area contributed by atoms with Gasteiger partial charge in [0.1, 0.15) is 29.8 Å². The number of fused-ring (bicyclic) bond motifs is 2. The van der Waals surface area contributed by atoms with E-state index in [0.717, 1.165) is 54.0 Å². The Bertz CT molecular complexity index is 2110. The van der Waals surface area contributed by atoms with Gasteiger partial charge in [0.15, 0.2) is 17.0 Å². The number of hydrogen-bond acceptors (Lipinski definition) is 10. The molecule has 12 nitrogen and oxygen atoms in total. The summed E-state index contributed by atoms with van der Waals surface area (Å²) in [4.78, 5) is 37.8. The molecular weight excluding hydrogens is 630 g/mol. The average Bonchev–Trinajstić information content (AvgIpc) is 3.69. The monoisotopic (exact) mass is 671 g/mol. The Labute approximate surface area is 290 Å². The molecule has 0 N–H and O–H groups in total. The summed E-state index contributed by atoms with van der Waals surface area (Å²) in [5.41, 5.74) is 2.60. The quantitative estimate of drug-likeness (QED) is 0.157. The van der Waals surface area contributed by atoms with Crippen molar-refractivity contribution >= 4 is 39.8 Å². The highest BCUT2D eigenvalue weighted by atomic mass is 16.6. The van der Waals surface area contributed by atoms with Crippen LogP contribution in [0.4, 0.5) is 11.8 Å². The zero-order valence-corrected chi connectivity index (χ0v) is 28.6. The van der Waals surface area contributed by atoms with Crippen LogP contribution in [0, 0.1) is 5.92 Å². The molecular formula is C38H41N9O3. The van der Waals surface area contributed by atoms with Gasteiger partial charge in [-0.3, -0.25) is 0 Å². The largest absolute Gasteiger partial charge is 0.487 e. The number of ether oxygens (including phenoxy) is 2. The number of hydrogen-bond donors (Lipinski definition) is 0. The minimum absolute atomic E-state index is 0.271. The molecule has 1 saturated carbocycles. The van der Waals surface area contributed by atoms with Gasteiger partial charge in [0, 0.05) is 31.6 Å². The number of carbonyl (C=O) groups excluding carboxylic acids is 1. The first kappa shape index (κ1) is 31.7. The summed E-state index contributed by atoms with van der Waals surface area (Å²) in [7, 11) is 0. The van der Waals surface area contributed by atoms with E-state index in [9.17, 15) is 4.79 Å². The number of anilines is 2. The van der Waals surface area contributed by atoms with Crippen molar-refractivity contribution in [3.63, 3.8) is 0 Å². The first-order chi connectivity index (χ1) is 24.3. The van der Waals surface area contributed by atoms with Gasteiger partial charge < -0.3 is 23.8 Å². The van der Waals surface area contributed by atoms with Crippen LogP contribution in [0.3, 0.4) is 0 Å². The molecule has 1 aliphatic carbocycles. The molecule has 0 bridgehead atoms. The van der Waals surface area contributed by atoms with E-state index in [4.69, 9.17) is 34.5 Å². The number of para-hydroxylation sites is 1. The van der Waals surface area contributed by atoms with Crippen molar-refractivity contribution in [1.29, 1.82) is 0 Å². The predicted molar refractivity (Wildman–Crippen MR) is 192 cm³/mol. The average molecular weight is 672 g/mol. The second kappa shape index (κ2) is 13.1. The maximum atomic E-state index is 13.7. The molecule has 0 spiro atoms. The zero-order valence-electron chi connectivity index (χ0n) is 28.6. The lowest BCUT2D eigenvalue weighted by Gasteiger charge is -2.35. The lowest BCUT2D eigenvalue weighted by molar-refractivity contribution is -0.159. The Balaban J connectivity index is 1.08. The highest BCUT2D eigenvalue weighted by Gasteiger charge is 2.35. The highest BCUT2D eigenvalue weighted by Crippen LogP contribution is 2.39. The summed E-state index contributed by atoms with van der Waals surface area (Å²) >= 11 is 0. The van der Waals surface area contributed by atoms with Crippen LogP contribution in [-0.4, -0.2) is 72.0 Å². The number of aromatic nitrogens is 7. The standard InChI is InChI=1S/C38H41N9O3/c1-38(2,3)50-36(48)31(21-26-13-14-26)46-25-40-33-34(46)42-37(43-35(33)47-30-12-8-7-11-28(30)22-41-47)45-19-17-44(18-20-45)32-16-15-29(23-39-32)49-24-27-9-5-4-6-10-27/h4-12,15-16,22-23,25-26,31H,13-14,17-21,24H2,1-3H3. The minimum Gasteiger partial charge on any atom is -0.487 e. The fourth-order valence-electron chi connectivity index (χ4n) is 6.43. The van der Waals surface area contributed by atoms with Crippen LogP contribution in [0.15, 0.2) is 85.5 Å². The molecule has 1 atom stereocenters. The van der Waals surface area contributed by atoms with E-state index in [2.05, 4.69) is 9.80 Å². The number of pyridine rings is 1. The fourth-order valence-corrected chi connectivity index (χ4v) is 6.43. The number of nitrogens with zero attached hydrogens (tertiary/aromatic N) is 9. The van der Waals surface area contributed by atoms with Gasteiger partial charge in [0.2, 0.25) is 5.95 Å². The molecule has 6 aromatic rings. The second-order valence-corrected chi connectivity index (χ2v) is 14.1. The summed E-state index contributed by atoms with van der Waals surface area (Å²) in [6.45, 7) is 9.04. The molecule has 0 amide bonds. The molecule has 2 fully saturated rings. The van der Waals surface area contributed by atoms with E-state index in [1.807, 2.05) is 103 Å². The Morgan fingerprint density at radius 2 is 1.64 bits per heavy atom. The molecule has 12 heteroatoms. The lowest BCUT2D eigenvalue weighted by Crippen LogP contribution is -2.47. The van der Waals surface area contributed by atoms with Crippen molar-refractivity contribution < 1.29 is 14.3 Å². The second-order valence-electron chi connectivity index (χ2n) is 14.1.